The summed E-state index contributed by atoms with van der Waals surface area (Å²) in [6.07, 6.45) is 0.925. The summed E-state index contributed by atoms with van der Waals surface area (Å²) in [6, 6.07) is 6.08. The van der Waals surface area contributed by atoms with Crippen molar-refractivity contribution in [2.75, 3.05) is 32.7 Å². The molecule has 0 radical (unpaired) electrons. The number of urea groups is 1. The van der Waals surface area contributed by atoms with Crippen molar-refractivity contribution in [2.45, 2.75) is 46.5 Å². The fourth-order valence-corrected chi connectivity index (χ4v) is 3.00. The normalized spacial score (nSPS) is 15.2. The molecule has 1 aromatic carbocycles. The molecule has 1 heterocycles. The van der Waals surface area contributed by atoms with E-state index in [4.69, 9.17) is 0 Å². The van der Waals surface area contributed by atoms with Gasteiger partial charge in [0, 0.05) is 38.3 Å². The first-order valence-corrected chi connectivity index (χ1v) is 9.17. The van der Waals surface area contributed by atoms with E-state index >= 15 is 0 Å². The third-order valence-electron chi connectivity index (χ3n) is 4.70. The van der Waals surface area contributed by atoms with Crippen LogP contribution in [-0.4, -0.2) is 54.5 Å². The Morgan fingerprint density at radius 2 is 1.68 bits per heavy atom. The number of carbonyl (C=O) groups is 2. The number of piperazine rings is 1. The Kier molecular flexibility index (Phi) is 6.09. The van der Waals surface area contributed by atoms with Crippen LogP contribution in [0.3, 0.4) is 0 Å². The van der Waals surface area contributed by atoms with E-state index < -0.39 is 0 Å². The molecule has 0 atom stereocenters. The molecule has 0 aromatic heterocycles. The summed E-state index contributed by atoms with van der Waals surface area (Å²) >= 11 is 0. The molecule has 5 nitrogen and oxygen atoms in total. The summed E-state index contributed by atoms with van der Waals surface area (Å²) in [5.74, 6) is 0.0616. The Morgan fingerprint density at radius 3 is 2.20 bits per heavy atom. The average Bonchev–Trinajstić information content (AvgIpc) is 2.58. The van der Waals surface area contributed by atoms with Crippen LogP contribution in [-0.2, 0) is 5.41 Å². The molecule has 0 spiro atoms. The van der Waals surface area contributed by atoms with E-state index in [0.717, 1.165) is 17.5 Å². The molecule has 0 bridgehead atoms. The van der Waals surface area contributed by atoms with Gasteiger partial charge in [-0.1, -0.05) is 39.8 Å². The molecular formula is C20H31N3O2. The highest BCUT2D eigenvalue weighted by Gasteiger charge is 2.26. The Balaban J connectivity index is 2.00. The molecule has 5 heteroatoms. The predicted octanol–water partition coefficient (Wildman–Crippen LogP) is 3.17. The topological polar surface area (TPSA) is 52.7 Å². The number of hydrogen-bond donors (Lipinski definition) is 1. The van der Waals surface area contributed by atoms with Crippen LogP contribution in [0.15, 0.2) is 18.2 Å². The minimum Gasteiger partial charge on any atom is -0.338 e. The minimum absolute atomic E-state index is 0.0281. The van der Waals surface area contributed by atoms with Crippen molar-refractivity contribution in [3.05, 3.63) is 34.9 Å². The lowest BCUT2D eigenvalue weighted by atomic mass is 9.85. The molecule has 1 aromatic rings. The van der Waals surface area contributed by atoms with Gasteiger partial charge >= 0.3 is 6.03 Å². The van der Waals surface area contributed by atoms with Gasteiger partial charge in [-0.25, -0.2) is 4.79 Å². The molecule has 1 saturated heterocycles. The standard InChI is InChI=1S/C20H31N3O2/c1-6-9-21-19(25)23-12-10-22(11-13-23)18(24)17-8-7-16(14-15(17)2)20(3,4)5/h7-8,14H,6,9-13H2,1-5H3,(H,21,25). The number of benzene rings is 1. The zero-order chi connectivity index (χ0) is 18.6. The van der Waals surface area contributed by atoms with Crippen LogP contribution < -0.4 is 5.32 Å². The van der Waals surface area contributed by atoms with Crippen LogP contribution in [0.25, 0.3) is 0 Å². The van der Waals surface area contributed by atoms with Gasteiger partial charge in [0.2, 0.25) is 0 Å². The second-order valence-electron chi connectivity index (χ2n) is 7.79. The lowest BCUT2D eigenvalue weighted by Crippen LogP contribution is -2.53. The quantitative estimate of drug-likeness (QED) is 0.915. The second-order valence-corrected chi connectivity index (χ2v) is 7.79. The van der Waals surface area contributed by atoms with Crippen LogP contribution in [0.5, 0.6) is 0 Å². The maximum absolute atomic E-state index is 12.8. The molecular weight excluding hydrogens is 314 g/mol. The number of nitrogens with one attached hydrogen (secondary N) is 1. The summed E-state index contributed by atoms with van der Waals surface area (Å²) in [6.45, 7) is 13.6. The third-order valence-corrected chi connectivity index (χ3v) is 4.70. The van der Waals surface area contributed by atoms with Crippen molar-refractivity contribution in [3.63, 3.8) is 0 Å². The van der Waals surface area contributed by atoms with Gasteiger partial charge in [-0.2, -0.15) is 0 Å². The number of hydrogen-bond acceptors (Lipinski definition) is 2. The molecule has 3 amide bonds. The Labute approximate surface area is 151 Å². The lowest BCUT2D eigenvalue weighted by molar-refractivity contribution is 0.0664. The fraction of sp³-hybridized carbons (Fsp3) is 0.600. The molecule has 1 N–H and O–H groups in total. The first-order chi connectivity index (χ1) is 11.7. The highest BCUT2D eigenvalue weighted by atomic mass is 16.2. The SMILES string of the molecule is CCCNC(=O)N1CCN(C(=O)c2ccc(C(C)(C)C)cc2C)CC1. The number of nitrogens with zero attached hydrogens (tertiary/aromatic N) is 2. The van der Waals surface area contributed by atoms with Gasteiger partial charge in [0.05, 0.1) is 0 Å². The van der Waals surface area contributed by atoms with Crippen molar-refractivity contribution >= 4 is 11.9 Å². The summed E-state index contributed by atoms with van der Waals surface area (Å²) in [4.78, 5) is 28.5. The lowest BCUT2D eigenvalue weighted by Gasteiger charge is -2.35. The molecule has 138 valence electrons. The second kappa shape index (κ2) is 7.89. The highest BCUT2D eigenvalue weighted by Crippen LogP contribution is 2.25. The smallest absolute Gasteiger partial charge is 0.317 e. The van der Waals surface area contributed by atoms with Crippen molar-refractivity contribution in [3.8, 4) is 0 Å². The maximum Gasteiger partial charge on any atom is 0.317 e. The van der Waals surface area contributed by atoms with E-state index in [1.54, 1.807) is 4.90 Å². The highest BCUT2D eigenvalue weighted by molar-refractivity contribution is 5.96. The third kappa shape index (κ3) is 4.74. The number of aryl methyl sites for hydroxylation is 1. The Hall–Kier alpha value is -2.04. The zero-order valence-electron chi connectivity index (χ0n) is 16.2. The van der Waals surface area contributed by atoms with Crippen LogP contribution in [0.4, 0.5) is 4.79 Å². The molecule has 0 saturated carbocycles. The van der Waals surface area contributed by atoms with Gasteiger partial charge in [0.25, 0.3) is 5.91 Å². The summed E-state index contributed by atoms with van der Waals surface area (Å²) in [7, 11) is 0. The Morgan fingerprint density at radius 1 is 1.08 bits per heavy atom. The van der Waals surface area contributed by atoms with Crippen LogP contribution in [0.2, 0.25) is 0 Å². The van der Waals surface area contributed by atoms with Crippen molar-refractivity contribution < 1.29 is 9.59 Å². The van der Waals surface area contributed by atoms with Crippen molar-refractivity contribution in [2.24, 2.45) is 0 Å². The average molecular weight is 345 g/mol. The molecule has 1 aliphatic heterocycles. The summed E-state index contributed by atoms with van der Waals surface area (Å²) < 4.78 is 0. The minimum atomic E-state index is -0.0281. The molecule has 0 aliphatic carbocycles. The number of amides is 3. The van der Waals surface area contributed by atoms with Crippen LogP contribution in [0.1, 0.15) is 55.6 Å². The molecule has 2 rings (SSSR count). The van der Waals surface area contributed by atoms with Gasteiger partial charge < -0.3 is 15.1 Å². The van der Waals surface area contributed by atoms with E-state index in [1.165, 1.54) is 5.56 Å². The van der Waals surface area contributed by atoms with Crippen molar-refractivity contribution in [1.82, 2.24) is 15.1 Å². The van der Waals surface area contributed by atoms with Gasteiger partial charge in [-0.3, -0.25) is 4.79 Å². The first-order valence-electron chi connectivity index (χ1n) is 9.17. The van der Waals surface area contributed by atoms with Gasteiger partial charge in [-0.15, -0.1) is 0 Å². The van der Waals surface area contributed by atoms with Crippen molar-refractivity contribution in [1.29, 1.82) is 0 Å². The summed E-state index contributed by atoms with van der Waals surface area (Å²) in [5, 5.41) is 2.89. The first kappa shape index (κ1) is 19.3. The van der Waals surface area contributed by atoms with Gasteiger partial charge in [0.15, 0.2) is 0 Å². The molecule has 25 heavy (non-hydrogen) atoms. The van der Waals surface area contributed by atoms with E-state index in [9.17, 15) is 9.59 Å². The van der Waals surface area contributed by atoms with Crippen LogP contribution >= 0.6 is 0 Å². The van der Waals surface area contributed by atoms with E-state index in [-0.39, 0.29) is 17.4 Å². The zero-order valence-corrected chi connectivity index (χ0v) is 16.2. The summed E-state index contributed by atoms with van der Waals surface area (Å²) in [5.41, 5.74) is 3.08. The molecule has 1 aliphatic rings. The van der Waals surface area contributed by atoms with E-state index in [2.05, 4.69) is 38.2 Å². The Bertz CT molecular complexity index is 626. The molecule has 0 unspecified atom stereocenters. The van der Waals surface area contributed by atoms with E-state index in [0.29, 0.717) is 32.7 Å². The fourth-order valence-electron chi connectivity index (χ4n) is 3.00. The van der Waals surface area contributed by atoms with Gasteiger partial charge in [-0.05, 0) is 36.0 Å². The maximum atomic E-state index is 12.8. The van der Waals surface area contributed by atoms with E-state index in [1.807, 2.05) is 24.8 Å². The predicted molar refractivity (Wildman–Crippen MR) is 101 cm³/mol. The molecule has 1 fully saturated rings. The number of rotatable bonds is 3. The van der Waals surface area contributed by atoms with Crippen LogP contribution in [0, 0.1) is 6.92 Å². The monoisotopic (exact) mass is 345 g/mol. The largest absolute Gasteiger partial charge is 0.338 e. The number of carbonyl (C=O) groups excluding carboxylic acids is 2. The van der Waals surface area contributed by atoms with Gasteiger partial charge in [0.1, 0.15) is 0 Å².